The van der Waals surface area contributed by atoms with Crippen molar-refractivity contribution in [1.82, 2.24) is 0 Å². The molecule has 0 bridgehead atoms. The molecule has 0 heterocycles. The van der Waals surface area contributed by atoms with Crippen molar-refractivity contribution in [3.63, 3.8) is 0 Å². The van der Waals surface area contributed by atoms with E-state index in [0.29, 0.717) is 11.4 Å². The Labute approximate surface area is 133 Å². The number of aryl methyl sites for hydroxylation is 3. The molecule has 0 unspecified atom stereocenters. The van der Waals surface area contributed by atoms with Crippen molar-refractivity contribution >= 4 is 37.3 Å². The number of hydrogen-bond acceptors (Lipinski definition) is 3. The highest BCUT2D eigenvalue weighted by atomic mass is 79.9. The van der Waals surface area contributed by atoms with Gasteiger partial charge in [-0.3, -0.25) is 4.72 Å². The first-order chi connectivity index (χ1) is 9.70. The highest BCUT2D eigenvalue weighted by Crippen LogP contribution is 2.27. The van der Waals surface area contributed by atoms with Crippen LogP contribution in [0.1, 0.15) is 16.7 Å². The second-order valence-electron chi connectivity index (χ2n) is 5.05. The van der Waals surface area contributed by atoms with Crippen molar-refractivity contribution in [1.29, 1.82) is 0 Å². The molecule has 0 amide bonds. The largest absolute Gasteiger partial charge is 0.398 e. The quantitative estimate of drug-likeness (QED) is 0.810. The molecule has 2 aromatic carbocycles. The van der Waals surface area contributed by atoms with Crippen LogP contribution < -0.4 is 10.5 Å². The fraction of sp³-hybridized carbons (Fsp3) is 0.200. The lowest BCUT2D eigenvalue weighted by Gasteiger charge is -2.12. The number of nitrogens with two attached hydrogens (primary N) is 1. The van der Waals surface area contributed by atoms with Crippen LogP contribution in [0.15, 0.2) is 39.7 Å². The van der Waals surface area contributed by atoms with Gasteiger partial charge in [0, 0.05) is 15.8 Å². The summed E-state index contributed by atoms with van der Waals surface area (Å²) >= 11 is 3.46. The van der Waals surface area contributed by atoms with E-state index < -0.39 is 10.0 Å². The Kier molecular flexibility index (Phi) is 4.30. The van der Waals surface area contributed by atoms with Crippen molar-refractivity contribution < 1.29 is 8.42 Å². The summed E-state index contributed by atoms with van der Waals surface area (Å²) in [6, 6.07) is 8.28. The van der Waals surface area contributed by atoms with E-state index in [4.69, 9.17) is 5.73 Å². The van der Waals surface area contributed by atoms with Gasteiger partial charge < -0.3 is 5.73 Å². The lowest BCUT2D eigenvalue weighted by molar-refractivity contribution is 0.601. The summed E-state index contributed by atoms with van der Waals surface area (Å²) in [6.07, 6.45) is 0. The molecule has 3 N–H and O–H groups in total. The Bertz CT molecular complexity index is 778. The zero-order valence-electron chi connectivity index (χ0n) is 12.1. The molecule has 4 nitrogen and oxygen atoms in total. The molecule has 0 aliphatic rings. The van der Waals surface area contributed by atoms with Gasteiger partial charge in [0.2, 0.25) is 0 Å². The van der Waals surface area contributed by atoms with E-state index in [1.807, 2.05) is 20.8 Å². The number of rotatable bonds is 3. The molecule has 6 heteroatoms. The van der Waals surface area contributed by atoms with Crippen LogP contribution in [0.3, 0.4) is 0 Å². The van der Waals surface area contributed by atoms with E-state index in [2.05, 4.69) is 20.7 Å². The Morgan fingerprint density at radius 2 is 1.57 bits per heavy atom. The molecule has 0 atom stereocenters. The van der Waals surface area contributed by atoms with Crippen LogP contribution in [-0.2, 0) is 10.0 Å². The normalized spacial score (nSPS) is 11.4. The molecule has 0 fully saturated rings. The minimum atomic E-state index is -3.64. The maximum absolute atomic E-state index is 12.4. The smallest absolute Gasteiger partial charge is 0.261 e. The second-order valence-corrected chi connectivity index (χ2v) is 7.52. The second kappa shape index (κ2) is 5.69. The van der Waals surface area contributed by atoms with Crippen LogP contribution in [0.25, 0.3) is 0 Å². The summed E-state index contributed by atoms with van der Waals surface area (Å²) in [4.78, 5) is 0.156. The Balaban J connectivity index is 2.39. The van der Waals surface area contributed by atoms with Crippen LogP contribution in [0.2, 0.25) is 0 Å². The van der Waals surface area contributed by atoms with Crippen LogP contribution in [-0.4, -0.2) is 8.42 Å². The van der Waals surface area contributed by atoms with Crippen LogP contribution in [0.5, 0.6) is 0 Å². The van der Waals surface area contributed by atoms with Gasteiger partial charge in [0.1, 0.15) is 0 Å². The van der Waals surface area contributed by atoms with E-state index in [1.165, 1.54) is 6.07 Å². The average molecular weight is 369 g/mol. The highest BCUT2D eigenvalue weighted by Gasteiger charge is 2.16. The lowest BCUT2D eigenvalue weighted by Crippen LogP contribution is -2.13. The number of hydrogen-bond donors (Lipinski definition) is 2. The molecule has 0 aromatic heterocycles. The Morgan fingerprint density at radius 1 is 1.00 bits per heavy atom. The Hall–Kier alpha value is -1.53. The zero-order chi connectivity index (χ0) is 15.8. The fourth-order valence-corrected chi connectivity index (χ4v) is 3.31. The summed E-state index contributed by atoms with van der Waals surface area (Å²) in [5.74, 6) is 0. The third kappa shape index (κ3) is 3.39. The number of halogens is 1. The molecule has 0 radical (unpaired) electrons. The minimum absolute atomic E-state index is 0.156. The lowest BCUT2D eigenvalue weighted by atomic mass is 10.1. The molecule has 0 spiro atoms. The summed E-state index contributed by atoms with van der Waals surface area (Å²) < 4.78 is 28.4. The summed E-state index contributed by atoms with van der Waals surface area (Å²) in [6.45, 7) is 5.66. The molecule has 0 saturated heterocycles. The van der Waals surface area contributed by atoms with Crippen molar-refractivity contribution in [3.8, 4) is 0 Å². The van der Waals surface area contributed by atoms with Crippen LogP contribution in [0, 0.1) is 20.8 Å². The molecule has 2 rings (SSSR count). The van der Waals surface area contributed by atoms with E-state index in [0.717, 1.165) is 21.2 Å². The summed E-state index contributed by atoms with van der Waals surface area (Å²) in [5.41, 5.74) is 9.56. The Morgan fingerprint density at radius 3 is 2.10 bits per heavy atom. The highest BCUT2D eigenvalue weighted by molar-refractivity contribution is 9.10. The predicted molar refractivity (Wildman–Crippen MR) is 90.0 cm³/mol. The maximum Gasteiger partial charge on any atom is 0.261 e. The van der Waals surface area contributed by atoms with Crippen molar-refractivity contribution in [2.45, 2.75) is 25.7 Å². The average Bonchev–Trinajstić information content (AvgIpc) is 2.38. The topological polar surface area (TPSA) is 72.2 Å². The summed E-state index contributed by atoms with van der Waals surface area (Å²) in [7, 11) is -3.64. The van der Waals surface area contributed by atoms with Gasteiger partial charge in [-0.15, -0.1) is 0 Å². The summed E-state index contributed by atoms with van der Waals surface area (Å²) in [5, 5.41) is 0. The van der Waals surface area contributed by atoms with Gasteiger partial charge in [-0.05, 0) is 61.7 Å². The molecule has 0 aliphatic heterocycles. The monoisotopic (exact) mass is 368 g/mol. The third-order valence-corrected chi connectivity index (χ3v) is 5.88. The molecule has 21 heavy (non-hydrogen) atoms. The van der Waals surface area contributed by atoms with E-state index in [9.17, 15) is 8.42 Å². The van der Waals surface area contributed by atoms with Crippen molar-refractivity contribution in [2.75, 3.05) is 10.5 Å². The molecule has 0 aliphatic carbocycles. The van der Waals surface area contributed by atoms with Gasteiger partial charge in [-0.1, -0.05) is 22.0 Å². The minimum Gasteiger partial charge on any atom is -0.398 e. The molecule has 2 aromatic rings. The van der Waals surface area contributed by atoms with Gasteiger partial charge in [0.15, 0.2) is 0 Å². The number of anilines is 2. The van der Waals surface area contributed by atoms with E-state index >= 15 is 0 Å². The number of sulfonamides is 1. The first-order valence-electron chi connectivity index (χ1n) is 6.36. The zero-order valence-corrected chi connectivity index (χ0v) is 14.5. The van der Waals surface area contributed by atoms with Crippen molar-refractivity contribution in [2.24, 2.45) is 0 Å². The number of nitrogen functional groups attached to an aromatic ring is 1. The van der Waals surface area contributed by atoms with Crippen LogP contribution in [0.4, 0.5) is 11.4 Å². The predicted octanol–water partition coefficient (Wildman–Crippen LogP) is 3.76. The van der Waals surface area contributed by atoms with Crippen molar-refractivity contribution in [3.05, 3.63) is 51.5 Å². The molecular weight excluding hydrogens is 352 g/mol. The molecule has 0 saturated carbocycles. The van der Waals surface area contributed by atoms with Gasteiger partial charge in [-0.2, -0.15) is 0 Å². The molecule has 112 valence electrons. The third-order valence-electron chi connectivity index (χ3n) is 3.25. The first-order valence-corrected chi connectivity index (χ1v) is 8.64. The van der Waals surface area contributed by atoms with Gasteiger partial charge >= 0.3 is 0 Å². The number of nitrogens with one attached hydrogen (secondary N) is 1. The number of benzene rings is 2. The van der Waals surface area contributed by atoms with Gasteiger partial charge in [-0.25, -0.2) is 8.42 Å². The van der Waals surface area contributed by atoms with E-state index in [-0.39, 0.29) is 4.90 Å². The standard InChI is InChI=1S/C15H17BrN2O2S/c1-9-4-5-13(8-14(9)17)21(19,20)18-12-6-10(2)15(16)11(3)7-12/h4-8,18H,17H2,1-3H3. The van der Waals surface area contributed by atoms with Gasteiger partial charge in [0.25, 0.3) is 10.0 Å². The molecular formula is C15H17BrN2O2S. The fourth-order valence-electron chi connectivity index (χ4n) is 2.00. The van der Waals surface area contributed by atoms with Crippen LogP contribution >= 0.6 is 15.9 Å². The van der Waals surface area contributed by atoms with E-state index in [1.54, 1.807) is 24.3 Å². The van der Waals surface area contributed by atoms with Gasteiger partial charge in [0.05, 0.1) is 4.90 Å². The maximum atomic E-state index is 12.4. The first kappa shape index (κ1) is 15.9. The SMILES string of the molecule is Cc1ccc(S(=O)(=O)Nc2cc(C)c(Br)c(C)c2)cc1N.